The summed E-state index contributed by atoms with van der Waals surface area (Å²) in [5.41, 5.74) is 27.6. The minimum atomic E-state index is 0.161. The minimum absolute atomic E-state index is 0.161. The number of hydrogen-bond donors (Lipinski definition) is 0. The predicted octanol–water partition coefficient (Wildman–Crippen LogP) is 36.6. The number of benzene rings is 12. The summed E-state index contributed by atoms with van der Waals surface area (Å²) < 4.78 is 7.77. The monoisotopic (exact) mass is 1840 g/mol. The predicted molar refractivity (Wildman–Crippen MR) is 603 cm³/mol. The molecule has 2 aromatic heterocycles. The molecule has 732 valence electrons. The Bertz CT molecular complexity index is 5820. The maximum absolute atomic E-state index is 5.65. The zero-order chi connectivity index (χ0) is 100. The first-order valence-corrected chi connectivity index (χ1v) is 52.1. The van der Waals surface area contributed by atoms with E-state index in [0.29, 0.717) is 44.8 Å². The van der Waals surface area contributed by atoms with E-state index in [2.05, 4.69) is 524 Å². The van der Waals surface area contributed by atoms with Crippen LogP contribution in [0.5, 0.6) is 5.75 Å². The average molecular weight is 1840 g/mol. The molecule has 5 atom stereocenters. The van der Waals surface area contributed by atoms with Crippen LogP contribution in [0, 0.1) is 38.4 Å². The van der Waals surface area contributed by atoms with Crippen molar-refractivity contribution in [2.45, 2.75) is 304 Å². The van der Waals surface area contributed by atoms with Crippen molar-refractivity contribution in [1.82, 2.24) is 9.55 Å². The molecule has 138 heavy (non-hydrogen) atoms. The van der Waals surface area contributed by atoms with Crippen molar-refractivity contribution in [2.24, 2.45) is 45.5 Å². The molecule has 5 heteroatoms. The molecule has 5 heterocycles. The van der Waals surface area contributed by atoms with E-state index in [1.165, 1.54) is 155 Å². The molecule has 0 fully saturated rings. The molecule has 0 radical (unpaired) electrons. The van der Waals surface area contributed by atoms with Gasteiger partial charge in [0, 0.05) is 73.3 Å². The highest BCUT2D eigenvalue weighted by atomic mass is 16.5. The third-order valence-corrected chi connectivity index (χ3v) is 29.4. The van der Waals surface area contributed by atoms with Crippen LogP contribution in [0.4, 0.5) is 11.4 Å². The molecule has 5 unspecified atom stereocenters. The first kappa shape index (κ1) is 108. The molecule has 0 saturated heterocycles. The summed E-state index contributed by atoms with van der Waals surface area (Å²) in [6, 6.07) is 110. The van der Waals surface area contributed by atoms with E-state index in [-0.39, 0.29) is 21.8 Å². The van der Waals surface area contributed by atoms with Crippen LogP contribution in [0.15, 0.2) is 322 Å². The van der Waals surface area contributed by atoms with E-state index in [1.54, 1.807) is 33.4 Å². The molecule has 0 spiro atoms. The van der Waals surface area contributed by atoms with Gasteiger partial charge in [-0.15, -0.1) is 0 Å². The molecular formula is C133H174N4O. The normalized spacial score (nSPS) is 17.1. The van der Waals surface area contributed by atoms with Crippen LogP contribution < -0.4 is 14.5 Å². The van der Waals surface area contributed by atoms with Crippen molar-refractivity contribution in [2.75, 3.05) is 36.5 Å². The molecule has 5 nitrogen and oxygen atoms in total. The lowest BCUT2D eigenvalue weighted by atomic mass is 9.69. The number of hydrogen-bond acceptors (Lipinski definition) is 4. The van der Waals surface area contributed by atoms with E-state index >= 15 is 0 Å². The lowest BCUT2D eigenvalue weighted by Crippen LogP contribution is -2.40. The Labute approximate surface area is 838 Å². The van der Waals surface area contributed by atoms with Gasteiger partial charge in [-0.05, 0) is 289 Å². The van der Waals surface area contributed by atoms with Crippen molar-refractivity contribution in [3.63, 3.8) is 0 Å². The number of para-hydroxylation sites is 5. The number of ether oxygens (including phenoxy) is 1. The maximum atomic E-state index is 5.65. The van der Waals surface area contributed by atoms with Gasteiger partial charge < -0.3 is 19.1 Å². The molecular weight excluding hydrogens is 1670 g/mol. The van der Waals surface area contributed by atoms with Gasteiger partial charge in [0.2, 0.25) is 0 Å². The summed E-state index contributed by atoms with van der Waals surface area (Å²) in [6.07, 6.45) is 18.1. The van der Waals surface area contributed by atoms with Gasteiger partial charge in [-0.2, -0.15) is 0 Å². The van der Waals surface area contributed by atoms with Gasteiger partial charge in [-0.3, -0.25) is 4.98 Å². The van der Waals surface area contributed by atoms with Crippen molar-refractivity contribution in [1.29, 1.82) is 0 Å². The van der Waals surface area contributed by atoms with E-state index in [0.717, 1.165) is 42.0 Å². The highest BCUT2D eigenvalue weighted by Crippen LogP contribution is 2.50. The second-order valence-electron chi connectivity index (χ2n) is 49.2. The summed E-state index contributed by atoms with van der Waals surface area (Å²) in [4.78, 5) is 9.31. The molecule has 3 aliphatic heterocycles. The molecule has 14 aromatic rings. The number of fused-ring (bicyclic) bond motifs is 9. The summed E-state index contributed by atoms with van der Waals surface area (Å²) >= 11 is 0. The quantitative estimate of drug-likeness (QED) is 0.173. The molecule has 0 N–H and O–H groups in total. The van der Waals surface area contributed by atoms with E-state index in [4.69, 9.17) is 4.74 Å². The molecule has 0 amide bonds. The Balaban J connectivity index is 0.000000147. The number of pyridine rings is 1. The summed E-state index contributed by atoms with van der Waals surface area (Å²) in [5, 5.41) is 5.24. The lowest BCUT2D eigenvalue weighted by molar-refractivity contribution is 0.204. The van der Waals surface area contributed by atoms with Crippen LogP contribution >= 0.6 is 0 Å². The van der Waals surface area contributed by atoms with Gasteiger partial charge >= 0.3 is 0 Å². The van der Waals surface area contributed by atoms with Gasteiger partial charge in [-0.1, -0.05) is 439 Å². The van der Waals surface area contributed by atoms with Crippen LogP contribution in [0.1, 0.15) is 327 Å². The molecule has 0 saturated carbocycles. The van der Waals surface area contributed by atoms with E-state index in [1.807, 2.05) is 18.3 Å². The van der Waals surface area contributed by atoms with Gasteiger partial charge in [0.25, 0.3) is 0 Å². The van der Waals surface area contributed by atoms with Crippen LogP contribution in [0.25, 0.3) is 32.6 Å². The highest BCUT2D eigenvalue weighted by molar-refractivity contribution is 5.87. The zero-order valence-corrected chi connectivity index (χ0v) is 90.7. The maximum Gasteiger partial charge on any atom is 0.122 e. The minimum Gasteiger partial charge on any atom is -0.493 e. The Hall–Kier alpha value is -10.8. The smallest absolute Gasteiger partial charge is 0.122 e. The van der Waals surface area contributed by atoms with E-state index in [9.17, 15) is 0 Å². The van der Waals surface area contributed by atoms with Crippen molar-refractivity contribution < 1.29 is 4.74 Å². The van der Waals surface area contributed by atoms with Gasteiger partial charge in [0.05, 0.1) is 12.1 Å². The van der Waals surface area contributed by atoms with Crippen molar-refractivity contribution in [3.8, 4) is 5.75 Å². The summed E-state index contributed by atoms with van der Waals surface area (Å²) in [5.74, 6) is 5.24. The Kier molecular flexibility index (Phi) is 36.7. The molecule has 0 bridgehead atoms. The van der Waals surface area contributed by atoms with Gasteiger partial charge in [0.1, 0.15) is 5.75 Å². The van der Waals surface area contributed by atoms with Crippen molar-refractivity contribution in [3.05, 3.63) is 394 Å². The van der Waals surface area contributed by atoms with Crippen molar-refractivity contribution >= 4 is 44.0 Å². The van der Waals surface area contributed by atoms with Gasteiger partial charge in [0.15, 0.2) is 0 Å². The highest BCUT2D eigenvalue weighted by Gasteiger charge is 2.37. The Morgan fingerprint density at radius 2 is 0.761 bits per heavy atom. The fourth-order valence-corrected chi connectivity index (χ4v) is 21.7. The molecule has 20 rings (SSSR count). The SMILES string of the molecule is CC(C)(C)C(c1ccccc1)c1ccccc1.CC(C)(C)C1CCCc2ccccc21.CC(C)(C)C1CCOc2ccccc21.CC(C)(C)C1CCc2ccccc21.CC(C)(C)C1CCc2ccccc2C1.CC(C)(C)N1CCc2ccccc21.CC(C)(C)c1cccc2ccccc12.CC(C)(C)c1cccc2cccnc12.CN1CCC(C(C)(C)C)c2ccccc21.Cn1ccc2ccccc21. The molecule has 12 aromatic carbocycles. The fourth-order valence-electron chi connectivity index (χ4n) is 21.7. The third kappa shape index (κ3) is 29.7. The third-order valence-electron chi connectivity index (χ3n) is 29.4. The summed E-state index contributed by atoms with van der Waals surface area (Å²) in [6.45, 7) is 65.6. The first-order valence-electron chi connectivity index (χ1n) is 52.1. The van der Waals surface area contributed by atoms with Gasteiger partial charge in [-0.25, -0.2) is 0 Å². The zero-order valence-electron chi connectivity index (χ0n) is 90.7. The number of aromatic nitrogens is 2. The van der Waals surface area contributed by atoms with Crippen LogP contribution in [-0.4, -0.2) is 41.8 Å². The largest absolute Gasteiger partial charge is 0.493 e. The molecule has 6 aliphatic rings. The van der Waals surface area contributed by atoms with Crippen LogP contribution in [-0.2, 0) is 50.0 Å². The van der Waals surface area contributed by atoms with E-state index < -0.39 is 0 Å². The van der Waals surface area contributed by atoms with Crippen LogP contribution in [0.2, 0.25) is 0 Å². The Morgan fingerprint density at radius 1 is 0.319 bits per heavy atom. The van der Waals surface area contributed by atoms with Crippen LogP contribution in [0.3, 0.4) is 0 Å². The topological polar surface area (TPSA) is 33.5 Å². The second-order valence-corrected chi connectivity index (χ2v) is 49.2. The number of rotatable bonds is 2. The lowest BCUT2D eigenvalue weighted by Gasteiger charge is -2.39. The second kappa shape index (κ2) is 47.0. The average Bonchev–Trinajstić information content (AvgIpc) is 1.43. The molecule has 3 aliphatic carbocycles. The fraction of sp³-hybridized carbons (Fsp3) is 0.436. The standard InChI is InChI=1S/C17H20.C14H21N.C14H20.C14H16.C14H20.C13H15N.C13H18O.C13H18.C12H17N.C9H9N/c1-17(2,3)16(14-10-6-4-7-11-14)15-12-8-5-9-13-15;1-14(2,3)12-9-10-15(4)13-8-6-5-7-11(12)13;2*1-14(2,3)13-10-6-8-11-7-4-5-9-12(11)13;1-14(2,3)13-9-8-11-6-4-5-7-12(11)10-13;1-13(2,3)11-8-4-6-10-7-5-9-14-12(10)11;1-13(2,3)11-8-9-14-12-7-5-4-6-10(11)12;1-13(2,3)12-9-8-10-6-4-5-7-11(10)12;1-12(2,3)13-9-8-10-6-4-5-7-11(10)13;1-10-7-6-8-4-2-3-5-9(8)10/h4-13,16H,1-3H3;5-8,12H,9-10H2,1-4H3;4-5,7,9,13H,6,8,10H2,1-3H3;4-10H,1-3H3;4-7,13H,8-10H2,1-3H3;4-9H,1-3H3;4-7,11H,8-9H2,1-3H3;4-7,12H,8-9H2,1-3H3;4-7H,8-9H2,1-3H3;2-7H,1H3. The Morgan fingerprint density at radius 3 is 1.33 bits per heavy atom. The summed E-state index contributed by atoms with van der Waals surface area (Å²) in [7, 11) is 4.25. The first-order chi connectivity index (χ1) is 65.1. The number of aryl methyl sites for hydroxylation is 4. The number of nitrogens with zero attached hydrogens (tertiary/aromatic N) is 4. The number of anilines is 2.